The third-order valence-corrected chi connectivity index (χ3v) is 4.22. The standard InChI is InChI=1S/C12H13BrN2S/c1-7-3-4-9(10(13)5-7)12-15-6-11(16-12)8(2)14/h3-6,8H,14H2,1-2H3. The molecular weight excluding hydrogens is 284 g/mol. The number of aromatic nitrogens is 1. The van der Waals surface area contributed by atoms with Crippen LogP contribution in [0.25, 0.3) is 10.6 Å². The van der Waals surface area contributed by atoms with Crippen molar-refractivity contribution in [1.82, 2.24) is 4.98 Å². The second-order valence-electron chi connectivity index (χ2n) is 3.84. The molecule has 2 aromatic rings. The fourth-order valence-corrected chi connectivity index (χ4v) is 3.14. The molecule has 2 nitrogen and oxygen atoms in total. The highest BCUT2D eigenvalue weighted by molar-refractivity contribution is 9.10. The van der Waals surface area contributed by atoms with Crippen LogP contribution >= 0.6 is 27.3 Å². The molecule has 0 saturated heterocycles. The highest BCUT2D eigenvalue weighted by Crippen LogP contribution is 2.33. The molecule has 1 heterocycles. The summed E-state index contributed by atoms with van der Waals surface area (Å²) in [5, 5.41) is 1.01. The maximum Gasteiger partial charge on any atom is 0.124 e. The molecule has 1 atom stereocenters. The largest absolute Gasteiger partial charge is 0.323 e. The fraction of sp³-hybridized carbons (Fsp3) is 0.250. The van der Waals surface area contributed by atoms with Gasteiger partial charge in [0.05, 0.1) is 0 Å². The molecule has 1 aromatic heterocycles. The van der Waals surface area contributed by atoms with E-state index in [2.05, 4.69) is 46.0 Å². The Kier molecular flexibility index (Phi) is 3.42. The average Bonchev–Trinajstić information content (AvgIpc) is 2.66. The first-order chi connectivity index (χ1) is 7.58. The van der Waals surface area contributed by atoms with Crippen LogP contribution in [-0.2, 0) is 0 Å². The van der Waals surface area contributed by atoms with Gasteiger partial charge in [-0.3, -0.25) is 0 Å². The number of nitrogens with zero attached hydrogens (tertiary/aromatic N) is 1. The lowest BCUT2D eigenvalue weighted by atomic mass is 10.2. The van der Waals surface area contributed by atoms with E-state index in [0.29, 0.717) is 0 Å². The van der Waals surface area contributed by atoms with Gasteiger partial charge in [-0.05, 0) is 25.5 Å². The molecule has 0 radical (unpaired) electrons. The molecular formula is C12H13BrN2S. The van der Waals surface area contributed by atoms with Gasteiger partial charge in [0, 0.05) is 27.2 Å². The van der Waals surface area contributed by atoms with Gasteiger partial charge in [-0.25, -0.2) is 4.98 Å². The van der Waals surface area contributed by atoms with Crippen LogP contribution in [0, 0.1) is 6.92 Å². The Morgan fingerprint density at radius 2 is 2.19 bits per heavy atom. The average molecular weight is 297 g/mol. The third-order valence-electron chi connectivity index (χ3n) is 2.33. The highest BCUT2D eigenvalue weighted by atomic mass is 79.9. The van der Waals surface area contributed by atoms with E-state index in [0.717, 1.165) is 19.9 Å². The Hall–Kier alpha value is -0.710. The van der Waals surface area contributed by atoms with E-state index in [1.807, 2.05) is 13.1 Å². The van der Waals surface area contributed by atoms with E-state index in [1.54, 1.807) is 11.3 Å². The summed E-state index contributed by atoms with van der Waals surface area (Å²) < 4.78 is 1.08. The quantitative estimate of drug-likeness (QED) is 0.913. The van der Waals surface area contributed by atoms with E-state index in [4.69, 9.17) is 5.73 Å². The number of aryl methyl sites for hydroxylation is 1. The van der Waals surface area contributed by atoms with E-state index in [9.17, 15) is 0 Å². The number of rotatable bonds is 2. The van der Waals surface area contributed by atoms with Crippen molar-refractivity contribution in [3.8, 4) is 10.6 Å². The molecule has 0 fully saturated rings. The highest BCUT2D eigenvalue weighted by Gasteiger charge is 2.10. The molecule has 0 aliphatic heterocycles. The topological polar surface area (TPSA) is 38.9 Å². The number of hydrogen-bond donors (Lipinski definition) is 1. The van der Waals surface area contributed by atoms with Gasteiger partial charge in [0.25, 0.3) is 0 Å². The van der Waals surface area contributed by atoms with Crippen LogP contribution in [0.1, 0.15) is 23.4 Å². The molecule has 16 heavy (non-hydrogen) atoms. The van der Waals surface area contributed by atoms with Crippen LogP contribution in [-0.4, -0.2) is 4.98 Å². The van der Waals surface area contributed by atoms with Crippen LogP contribution in [0.15, 0.2) is 28.9 Å². The lowest BCUT2D eigenvalue weighted by molar-refractivity contribution is 0.835. The van der Waals surface area contributed by atoms with E-state index >= 15 is 0 Å². The summed E-state index contributed by atoms with van der Waals surface area (Å²) in [6.45, 7) is 4.05. The lowest BCUT2D eigenvalue weighted by Crippen LogP contribution is -2.01. The van der Waals surface area contributed by atoms with Crippen molar-refractivity contribution in [1.29, 1.82) is 0 Å². The number of halogens is 1. The van der Waals surface area contributed by atoms with Crippen molar-refractivity contribution >= 4 is 27.3 Å². The first kappa shape index (κ1) is 11.8. The van der Waals surface area contributed by atoms with Crippen LogP contribution in [0.2, 0.25) is 0 Å². The van der Waals surface area contributed by atoms with Gasteiger partial charge in [-0.1, -0.05) is 28.1 Å². The SMILES string of the molecule is Cc1ccc(-c2ncc(C(C)N)s2)c(Br)c1. The van der Waals surface area contributed by atoms with Crippen molar-refractivity contribution in [2.24, 2.45) is 5.73 Å². The molecule has 84 valence electrons. The van der Waals surface area contributed by atoms with Crippen LogP contribution < -0.4 is 5.73 Å². The van der Waals surface area contributed by atoms with Crippen LogP contribution in [0.5, 0.6) is 0 Å². The molecule has 0 saturated carbocycles. The van der Waals surface area contributed by atoms with Gasteiger partial charge >= 0.3 is 0 Å². The Balaban J connectivity index is 2.42. The van der Waals surface area contributed by atoms with Gasteiger partial charge in [0.2, 0.25) is 0 Å². The molecule has 4 heteroatoms. The summed E-state index contributed by atoms with van der Waals surface area (Å²) in [5.41, 5.74) is 8.19. The normalized spacial score (nSPS) is 12.8. The summed E-state index contributed by atoms with van der Waals surface area (Å²) in [7, 11) is 0. The molecule has 0 bridgehead atoms. The third kappa shape index (κ3) is 2.34. The van der Waals surface area contributed by atoms with Crippen molar-refractivity contribution in [2.75, 3.05) is 0 Å². The minimum Gasteiger partial charge on any atom is -0.323 e. The number of hydrogen-bond acceptors (Lipinski definition) is 3. The summed E-state index contributed by atoms with van der Waals surface area (Å²) in [4.78, 5) is 5.52. The molecule has 0 spiro atoms. The van der Waals surface area contributed by atoms with Crippen molar-refractivity contribution in [3.63, 3.8) is 0 Å². The molecule has 0 amide bonds. The maximum atomic E-state index is 5.83. The minimum absolute atomic E-state index is 0.0514. The summed E-state index contributed by atoms with van der Waals surface area (Å²) in [6.07, 6.45) is 1.86. The first-order valence-electron chi connectivity index (χ1n) is 5.06. The van der Waals surface area contributed by atoms with Gasteiger partial charge in [-0.2, -0.15) is 0 Å². The summed E-state index contributed by atoms with van der Waals surface area (Å²) in [5.74, 6) is 0. The maximum absolute atomic E-state index is 5.83. The predicted octanol–water partition coefficient (Wildman–Crippen LogP) is 3.90. The smallest absolute Gasteiger partial charge is 0.124 e. The minimum atomic E-state index is 0.0514. The van der Waals surface area contributed by atoms with Crippen LogP contribution in [0.3, 0.4) is 0 Å². The van der Waals surface area contributed by atoms with Crippen LogP contribution in [0.4, 0.5) is 0 Å². The van der Waals surface area contributed by atoms with E-state index in [1.165, 1.54) is 5.56 Å². The fourth-order valence-electron chi connectivity index (χ4n) is 1.42. The summed E-state index contributed by atoms with van der Waals surface area (Å²) in [6, 6.07) is 6.33. The Labute approximate surface area is 108 Å². The zero-order valence-electron chi connectivity index (χ0n) is 9.20. The monoisotopic (exact) mass is 296 g/mol. The molecule has 1 unspecified atom stereocenters. The molecule has 0 aliphatic rings. The number of nitrogens with two attached hydrogens (primary N) is 1. The molecule has 1 aromatic carbocycles. The van der Waals surface area contributed by atoms with Gasteiger partial charge in [0.15, 0.2) is 0 Å². The zero-order chi connectivity index (χ0) is 11.7. The van der Waals surface area contributed by atoms with Gasteiger partial charge in [-0.15, -0.1) is 11.3 Å². The van der Waals surface area contributed by atoms with Gasteiger partial charge in [0.1, 0.15) is 5.01 Å². The van der Waals surface area contributed by atoms with E-state index in [-0.39, 0.29) is 6.04 Å². The Bertz CT molecular complexity index is 505. The molecule has 2 N–H and O–H groups in total. The molecule has 2 rings (SSSR count). The Morgan fingerprint density at radius 3 is 2.75 bits per heavy atom. The second-order valence-corrected chi connectivity index (χ2v) is 5.76. The number of thiazole rings is 1. The van der Waals surface area contributed by atoms with Crippen molar-refractivity contribution in [3.05, 3.63) is 39.3 Å². The second kappa shape index (κ2) is 4.65. The van der Waals surface area contributed by atoms with Gasteiger partial charge < -0.3 is 5.73 Å². The predicted molar refractivity (Wildman–Crippen MR) is 72.6 cm³/mol. The van der Waals surface area contributed by atoms with Crippen molar-refractivity contribution in [2.45, 2.75) is 19.9 Å². The zero-order valence-corrected chi connectivity index (χ0v) is 11.6. The lowest BCUT2D eigenvalue weighted by Gasteiger charge is -2.02. The summed E-state index contributed by atoms with van der Waals surface area (Å²) >= 11 is 5.21. The van der Waals surface area contributed by atoms with E-state index < -0.39 is 0 Å². The number of benzene rings is 1. The van der Waals surface area contributed by atoms with Crippen molar-refractivity contribution < 1.29 is 0 Å². The Morgan fingerprint density at radius 1 is 1.44 bits per heavy atom. The molecule has 0 aliphatic carbocycles. The first-order valence-corrected chi connectivity index (χ1v) is 6.66.